The van der Waals surface area contributed by atoms with Crippen molar-refractivity contribution in [2.75, 3.05) is 0 Å². The highest BCUT2D eigenvalue weighted by Gasteiger charge is 2.21. The molecule has 278 valence electrons. The number of aromatic nitrogens is 4. The van der Waals surface area contributed by atoms with E-state index in [9.17, 15) is 0 Å². The van der Waals surface area contributed by atoms with Crippen molar-refractivity contribution in [3.05, 3.63) is 206 Å². The Balaban J connectivity index is 1.22. The first kappa shape index (κ1) is 34.0. The maximum atomic E-state index is 5.46. The summed E-state index contributed by atoms with van der Waals surface area (Å²) in [6.07, 6.45) is 1.85. The Morgan fingerprint density at radius 2 is 0.617 bits per heavy atom. The summed E-state index contributed by atoms with van der Waals surface area (Å²) in [5, 5.41) is 12.7. The standard InChI is InChI=1S/C56H34N4/c1-2-15-35(16-3-1)54-58-55(60-56(59-54)52-49-27-13-8-21-40(49)31-41-22-14-28-57-53(41)52)44-33-42(50-45-23-9-4-17-36(45)29-37-18-5-10-24-46(37)50)32-43(34-44)51-47-25-11-6-19-38(47)30-39-20-7-12-26-48(39)51/h1-34H. The molecule has 4 nitrogen and oxygen atoms in total. The van der Waals surface area contributed by atoms with E-state index in [-0.39, 0.29) is 0 Å². The molecule has 0 fully saturated rings. The second kappa shape index (κ2) is 13.8. The van der Waals surface area contributed by atoms with Gasteiger partial charge >= 0.3 is 0 Å². The van der Waals surface area contributed by atoms with Crippen LogP contribution >= 0.6 is 0 Å². The van der Waals surface area contributed by atoms with E-state index in [0.29, 0.717) is 17.5 Å². The third-order valence-corrected chi connectivity index (χ3v) is 11.8. The number of benzene rings is 10. The van der Waals surface area contributed by atoms with E-state index in [1.54, 1.807) is 0 Å². The minimum absolute atomic E-state index is 0.581. The first-order valence-electron chi connectivity index (χ1n) is 20.3. The van der Waals surface area contributed by atoms with Crippen LogP contribution in [0.25, 0.3) is 121 Å². The summed E-state index contributed by atoms with van der Waals surface area (Å²) in [5.74, 6) is 1.77. The molecule has 0 saturated heterocycles. The zero-order valence-electron chi connectivity index (χ0n) is 32.4. The van der Waals surface area contributed by atoms with Crippen molar-refractivity contribution in [2.45, 2.75) is 0 Å². The molecule has 0 atom stereocenters. The fourth-order valence-electron chi connectivity index (χ4n) is 9.14. The average Bonchev–Trinajstić information content (AvgIpc) is 3.31. The summed E-state index contributed by atoms with van der Waals surface area (Å²) >= 11 is 0. The van der Waals surface area contributed by atoms with E-state index in [2.05, 4.69) is 176 Å². The lowest BCUT2D eigenvalue weighted by Gasteiger charge is -2.18. The van der Waals surface area contributed by atoms with Gasteiger partial charge in [0.25, 0.3) is 0 Å². The molecule has 4 heteroatoms. The summed E-state index contributed by atoms with van der Waals surface area (Å²) in [6, 6.07) is 71.3. The van der Waals surface area contributed by atoms with Crippen molar-refractivity contribution in [1.82, 2.24) is 19.9 Å². The number of pyridine rings is 1. The highest BCUT2D eigenvalue weighted by atomic mass is 15.0. The lowest BCUT2D eigenvalue weighted by atomic mass is 9.87. The molecule has 0 amide bonds. The number of fused-ring (bicyclic) bond motifs is 6. The molecule has 0 radical (unpaired) electrons. The van der Waals surface area contributed by atoms with Crippen molar-refractivity contribution in [3.8, 4) is 56.4 Å². The van der Waals surface area contributed by atoms with Gasteiger partial charge in [0.15, 0.2) is 17.5 Å². The number of hydrogen-bond acceptors (Lipinski definition) is 4. The van der Waals surface area contributed by atoms with Crippen molar-refractivity contribution in [3.63, 3.8) is 0 Å². The Hall–Kier alpha value is -8.08. The quantitative estimate of drug-likeness (QED) is 0.164. The smallest absolute Gasteiger partial charge is 0.166 e. The van der Waals surface area contributed by atoms with E-state index < -0.39 is 0 Å². The predicted molar refractivity (Wildman–Crippen MR) is 250 cm³/mol. The Kier molecular flexibility index (Phi) is 7.82. The van der Waals surface area contributed by atoms with E-state index in [1.165, 1.54) is 54.2 Å². The summed E-state index contributed by atoms with van der Waals surface area (Å²) < 4.78 is 0. The number of nitrogens with zero attached hydrogens (tertiary/aromatic N) is 4. The molecule has 0 aliphatic heterocycles. The van der Waals surface area contributed by atoms with Gasteiger partial charge in [-0.15, -0.1) is 0 Å². The summed E-state index contributed by atoms with van der Waals surface area (Å²) in [7, 11) is 0. The van der Waals surface area contributed by atoms with Gasteiger partial charge in [0, 0.05) is 22.7 Å². The van der Waals surface area contributed by atoms with Crippen molar-refractivity contribution in [1.29, 1.82) is 0 Å². The van der Waals surface area contributed by atoms with Gasteiger partial charge in [-0.3, -0.25) is 4.98 Å². The fraction of sp³-hybridized carbons (Fsp3) is 0. The van der Waals surface area contributed by atoms with Gasteiger partial charge in [0.05, 0.1) is 11.1 Å². The van der Waals surface area contributed by atoms with Crippen LogP contribution < -0.4 is 0 Å². The SMILES string of the molecule is c1ccc(-c2nc(-c3cc(-c4c5ccccc5cc5ccccc45)cc(-c4c5ccccc5cc5ccccc45)c3)nc(-c3c4ccccc4cc4cccnc34)n2)cc1. The van der Waals surface area contributed by atoms with E-state index in [4.69, 9.17) is 19.9 Å². The van der Waals surface area contributed by atoms with Gasteiger partial charge in [-0.05, 0) is 119 Å². The van der Waals surface area contributed by atoms with Gasteiger partial charge in [0.2, 0.25) is 0 Å². The number of hydrogen-bond donors (Lipinski definition) is 0. The molecular formula is C56H34N4. The molecule has 2 heterocycles. The molecule has 0 spiro atoms. The normalized spacial score (nSPS) is 11.7. The first-order valence-corrected chi connectivity index (χ1v) is 20.3. The zero-order valence-corrected chi connectivity index (χ0v) is 32.4. The maximum absolute atomic E-state index is 5.46. The van der Waals surface area contributed by atoms with Crippen molar-refractivity contribution < 1.29 is 0 Å². The lowest BCUT2D eigenvalue weighted by molar-refractivity contribution is 1.08. The van der Waals surface area contributed by atoms with Gasteiger partial charge in [-0.25, -0.2) is 15.0 Å². The van der Waals surface area contributed by atoms with Gasteiger partial charge < -0.3 is 0 Å². The number of rotatable bonds is 5. The molecule has 0 aliphatic carbocycles. The van der Waals surface area contributed by atoms with Crippen LogP contribution in [0.2, 0.25) is 0 Å². The summed E-state index contributed by atoms with van der Waals surface area (Å²) in [5.41, 5.74) is 8.09. The molecule has 60 heavy (non-hydrogen) atoms. The average molecular weight is 763 g/mol. The van der Waals surface area contributed by atoms with E-state index in [0.717, 1.165) is 49.5 Å². The largest absolute Gasteiger partial charge is 0.255 e. The van der Waals surface area contributed by atoms with Gasteiger partial charge in [-0.1, -0.05) is 158 Å². The molecule has 10 aromatic carbocycles. The summed E-state index contributed by atoms with van der Waals surface area (Å²) in [4.78, 5) is 21.0. The van der Waals surface area contributed by atoms with Gasteiger partial charge in [-0.2, -0.15) is 0 Å². The van der Waals surface area contributed by atoms with Crippen LogP contribution in [0.5, 0.6) is 0 Å². The third kappa shape index (κ3) is 5.61. The fourth-order valence-corrected chi connectivity index (χ4v) is 9.14. The second-order valence-corrected chi connectivity index (χ2v) is 15.4. The van der Waals surface area contributed by atoms with Crippen molar-refractivity contribution >= 4 is 64.8 Å². The van der Waals surface area contributed by atoms with Crippen LogP contribution in [0.1, 0.15) is 0 Å². The molecule has 2 aromatic heterocycles. The van der Waals surface area contributed by atoms with Crippen LogP contribution in [-0.4, -0.2) is 19.9 Å². The highest BCUT2D eigenvalue weighted by Crippen LogP contribution is 2.44. The monoisotopic (exact) mass is 762 g/mol. The van der Waals surface area contributed by atoms with Crippen molar-refractivity contribution in [2.24, 2.45) is 0 Å². The first-order chi connectivity index (χ1) is 29.7. The van der Waals surface area contributed by atoms with Crippen LogP contribution in [0.15, 0.2) is 206 Å². The minimum Gasteiger partial charge on any atom is -0.255 e. The molecule has 0 aliphatic rings. The molecular weight excluding hydrogens is 729 g/mol. The summed E-state index contributed by atoms with van der Waals surface area (Å²) in [6.45, 7) is 0. The van der Waals surface area contributed by atoms with Crippen LogP contribution in [-0.2, 0) is 0 Å². The second-order valence-electron chi connectivity index (χ2n) is 15.4. The van der Waals surface area contributed by atoms with Crippen LogP contribution in [0, 0.1) is 0 Å². The van der Waals surface area contributed by atoms with Gasteiger partial charge in [0.1, 0.15) is 0 Å². The van der Waals surface area contributed by atoms with Crippen LogP contribution in [0.3, 0.4) is 0 Å². The van der Waals surface area contributed by atoms with E-state index in [1.807, 2.05) is 30.5 Å². The maximum Gasteiger partial charge on any atom is 0.166 e. The topological polar surface area (TPSA) is 51.6 Å². The Bertz CT molecular complexity index is 3370. The molecule has 0 unspecified atom stereocenters. The zero-order chi connectivity index (χ0) is 39.6. The lowest BCUT2D eigenvalue weighted by Crippen LogP contribution is -2.02. The minimum atomic E-state index is 0.581. The predicted octanol–water partition coefficient (Wildman–Crippen LogP) is 14.5. The Morgan fingerprint density at radius 3 is 1.12 bits per heavy atom. The molecule has 0 N–H and O–H groups in total. The Morgan fingerprint density at radius 1 is 0.250 bits per heavy atom. The van der Waals surface area contributed by atoms with E-state index >= 15 is 0 Å². The molecule has 0 saturated carbocycles. The molecule has 12 aromatic rings. The molecule has 12 rings (SSSR count). The highest BCUT2D eigenvalue weighted by molar-refractivity contribution is 6.16. The molecule has 0 bridgehead atoms. The van der Waals surface area contributed by atoms with Crippen LogP contribution in [0.4, 0.5) is 0 Å². The Labute approximate surface area is 346 Å². The third-order valence-electron chi connectivity index (χ3n) is 11.8.